The van der Waals surface area contributed by atoms with E-state index in [1.54, 1.807) is 19.9 Å². The van der Waals surface area contributed by atoms with Gasteiger partial charge in [0.2, 0.25) is 0 Å². The van der Waals surface area contributed by atoms with Gasteiger partial charge in [-0.1, -0.05) is 6.92 Å². The van der Waals surface area contributed by atoms with E-state index < -0.39 is 16.9 Å². The van der Waals surface area contributed by atoms with Gasteiger partial charge in [-0.3, -0.25) is 10.1 Å². The molecule has 0 aliphatic carbocycles. The van der Waals surface area contributed by atoms with Crippen LogP contribution < -0.4 is 5.32 Å². The number of carboxylic acids is 1. The second-order valence-corrected chi connectivity index (χ2v) is 4.67. The summed E-state index contributed by atoms with van der Waals surface area (Å²) < 4.78 is 0.602. The van der Waals surface area contributed by atoms with Gasteiger partial charge in [0.15, 0.2) is 0 Å². The van der Waals surface area contributed by atoms with Crippen LogP contribution in [0.1, 0.15) is 18.9 Å². The number of carboxylic acid groups (broad SMARTS) is 1. The van der Waals surface area contributed by atoms with E-state index in [2.05, 4.69) is 21.2 Å². The van der Waals surface area contributed by atoms with E-state index in [1.165, 1.54) is 6.07 Å². The standard InChI is InChI=1S/C11H13BrN2O4/c1-3-8(11(15)16)13-9-5-10(14(17)18)6(2)4-7(9)12/h4-5,8,13H,3H2,1-2H3,(H,15,16). The number of hydrogen-bond acceptors (Lipinski definition) is 4. The number of aliphatic carboxylic acids is 1. The molecular formula is C11H13BrN2O4. The van der Waals surface area contributed by atoms with Gasteiger partial charge in [0.25, 0.3) is 5.69 Å². The number of anilines is 1. The Morgan fingerprint density at radius 2 is 2.22 bits per heavy atom. The molecule has 6 nitrogen and oxygen atoms in total. The highest BCUT2D eigenvalue weighted by molar-refractivity contribution is 9.10. The molecule has 0 spiro atoms. The predicted octanol–water partition coefficient (Wildman–Crippen LogP) is 2.94. The number of carbonyl (C=O) groups is 1. The Balaban J connectivity index is 3.12. The van der Waals surface area contributed by atoms with Crippen LogP contribution in [0.3, 0.4) is 0 Å². The molecule has 0 bridgehead atoms. The maximum atomic E-state index is 10.9. The lowest BCUT2D eigenvalue weighted by molar-refractivity contribution is -0.385. The monoisotopic (exact) mass is 316 g/mol. The summed E-state index contributed by atoms with van der Waals surface area (Å²) in [5, 5.41) is 22.5. The Hall–Kier alpha value is -1.63. The van der Waals surface area contributed by atoms with E-state index >= 15 is 0 Å². The van der Waals surface area contributed by atoms with Crippen molar-refractivity contribution in [2.24, 2.45) is 0 Å². The van der Waals surface area contributed by atoms with Crippen LogP contribution in [0.4, 0.5) is 11.4 Å². The first-order chi connectivity index (χ1) is 8.36. The number of nitro groups is 1. The maximum absolute atomic E-state index is 10.9. The number of nitrogens with zero attached hydrogens (tertiary/aromatic N) is 1. The van der Waals surface area contributed by atoms with Crippen molar-refractivity contribution in [2.75, 3.05) is 5.32 Å². The van der Waals surface area contributed by atoms with Crippen molar-refractivity contribution in [3.63, 3.8) is 0 Å². The first kappa shape index (κ1) is 14.4. The summed E-state index contributed by atoms with van der Waals surface area (Å²) in [4.78, 5) is 21.2. The summed E-state index contributed by atoms with van der Waals surface area (Å²) in [7, 11) is 0. The summed E-state index contributed by atoms with van der Waals surface area (Å²) in [5.41, 5.74) is 0.878. The number of halogens is 1. The van der Waals surface area contributed by atoms with Crippen molar-refractivity contribution in [3.05, 3.63) is 32.3 Å². The molecule has 7 heteroatoms. The van der Waals surface area contributed by atoms with Gasteiger partial charge in [-0.05, 0) is 35.3 Å². The summed E-state index contributed by atoms with van der Waals surface area (Å²) in [6, 6.07) is 2.16. The average molecular weight is 317 g/mol. The molecule has 2 N–H and O–H groups in total. The van der Waals surface area contributed by atoms with Crippen LogP contribution in [0.15, 0.2) is 16.6 Å². The van der Waals surface area contributed by atoms with Gasteiger partial charge in [-0.2, -0.15) is 0 Å². The fourth-order valence-corrected chi connectivity index (χ4v) is 2.07. The number of aryl methyl sites for hydroxylation is 1. The van der Waals surface area contributed by atoms with Crippen LogP contribution in [0.25, 0.3) is 0 Å². The van der Waals surface area contributed by atoms with Crippen LogP contribution in [-0.2, 0) is 4.79 Å². The van der Waals surface area contributed by atoms with E-state index in [1.807, 2.05) is 0 Å². The van der Waals surface area contributed by atoms with E-state index in [-0.39, 0.29) is 5.69 Å². The Labute approximate surface area is 112 Å². The molecule has 0 aromatic heterocycles. The molecule has 1 rings (SSSR count). The molecule has 98 valence electrons. The molecule has 0 heterocycles. The van der Waals surface area contributed by atoms with Crippen LogP contribution in [0.5, 0.6) is 0 Å². The van der Waals surface area contributed by atoms with E-state index in [0.717, 1.165) is 0 Å². The summed E-state index contributed by atoms with van der Waals surface area (Å²) in [5.74, 6) is -0.993. The number of benzene rings is 1. The Bertz CT molecular complexity index is 490. The lowest BCUT2D eigenvalue weighted by atomic mass is 10.1. The zero-order chi connectivity index (χ0) is 13.9. The number of rotatable bonds is 5. The predicted molar refractivity (Wildman–Crippen MR) is 70.9 cm³/mol. The van der Waals surface area contributed by atoms with Crippen LogP contribution >= 0.6 is 15.9 Å². The molecule has 1 atom stereocenters. The fraction of sp³-hybridized carbons (Fsp3) is 0.364. The molecule has 18 heavy (non-hydrogen) atoms. The van der Waals surface area contributed by atoms with Gasteiger partial charge in [-0.25, -0.2) is 4.79 Å². The zero-order valence-electron chi connectivity index (χ0n) is 9.94. The van der Waals surface area contributed by atoms with Gasteiger partial charge in [-0.15, -0.1) is 0 Å². The maximum Gasteiger partial charge on any atom is 0.326 e. The fourth-order valence-electron chi connectivity index (χ4n) is 1.49. The molecular weight excluding hydrogens is 304 g/mol. The number of nitrogens with one attached hydrogen (secondary N) is 1. The minimum Gasteiger partial charge on any atom is -0.480 e. The molecule has 0 saturated carbocycles. The van der Waals surface area contributed by atoms with Gasteiger partial charge < -0.3 is 10.4 Å². The molecule has 0 aliphatic rings. The molecule has 0 aliphatic heterocycles. The third kappa shape index (κ3) is 3.19. The molecule has 1 aromatic carbocycles. The van der Waals surface area contributed by atoms with E-state index in [0.29, 0.717) is 22.1 Å². The van der Waals surface area contributed by atoms with Gasteiger partial charge in [0.05, 0.1) is 10.6 Å². The van der Waals surface area contributed by atoms with Crippen molar-refractivity contribution in [3.8, 4) is 0 Å². The lowest BCUT2D eigenvalue weighted by Gasteiger charge is -2.15. The van der Waals surface area contributed by atoms with Crippen LogP contribution in [-0.4, -0.2) is 22.0 Å². The highest BCUT2D eigenvalue weighted by atomic mass is 79.9. The smallest absolute Gasteiger partial charge is 0.326 e. The van der Waals surface area contributed by atoms with E-state index in [9.17, 15) is 14.9 Å². The topological polar surface area (TPSA) is 92.5 Å². The second kappa shape index (κ2) is 5.81. The summed E-state index contributed by atoms with van der Waals surface area (Å²) in [6.45, 7) is 3.35. The van der Waals surface area contributed by atoms with Crippen molar-refractivity contribution in [1.29, 1.82) is 0 Å². The lowest BCUT2D eigenvalue weighted by Crippen LogP contribution is -2.28. The van der Waals surface area contributed by atoms with Crippen molar-refractivity contribution >= 4 is 33.3 Å². The minimum absolute atomic E-state index is 0.0408. The Morgan fingerprint density at radius 1 is 1.61 bits per heavy atom. The molecule has 1 aromatic rings. The zero-order valence-corrected chi connectivity index (χ0v) is 11.5. The third-order valence-electron chi connectivity index (χ3n) is 2.52. The second-order valence-electron chi connectivity index (χ2n) is 3.82. The highest BCUT2D eigenvalue weighted by Gasteiger charge is 2.19. The van der Waals surface area contributed by atoms with Crippen molar-refractivity contribution in [2.45, 2.75) is 26.3 Å². The van der Waals surface area contributed by atoms with Gasteiger partial charge >= 0.3 is 5.97 Å². The number of hydrogen-bond donors (Lipinski definition) is 2. The first-order valence-corrected chi connectivity index (χ1v) is 6.10. The summed E-state index contributed by atoms with van der Waals surface area (Å²) >= 11 is 3.26. The van der Waals surface area contributed by atoms with Crippen molar-refractivity contribution < 1.29 is 14.8 Å². The van der Waals surface area contributed by atoms with Gasteiger partial charge in [0, 0.05) is 16.1 Å². The summed E-state index contributed by atoms with van der Waals surface area (Å²) in [6.07, 6.45) is 0.378. The SMILES string of the molecule is CCC(Nc1cc([N+](=O)[O-])c(C)cc1Br)C(=O)O. The largest absolute Gasteiger partial charge is 0.480 e. The third-order valence-corrected chi connectivity index (χ3v) is 3.17. The van der Waals surface area contributed by atoms with Gasteiger partial charge in [0.1, 0.15) is 6.04 Å². The molecule has 0 radical (unpaired) electrons. The van der Waals surface area contributed by atoms with Crippen LogP contribution in [0, 0.1) is 17.0 Å². The first-order valence-electron chi connectivity index (χ1n) is 5.30. The molecule has 0 fully saturated rings. The normalized spacial score (nSPS) is 11.9. The molecule has 0 saturated heterocycles. The quantitative estimate of drug-likeness (QED) is 0.643. The van der Waals surface area contributed by atoms with E-state index in [4.69, 9.17) is 5.11 Å². The molecule has 0 amide bonds. The average Bonchev–Trinajstić information content (AvgIpc) is 2.26. The highest BCUT2D eigenvalue weighted by Crippen LogP contribution is 2.31. The van der Waals surface area contributed by atoms with Crippen molar-refractivity contribution in [1.82, 2.24) is 0 Å². The Morgan fingerprint density at radius 3 is 2.67 bits per heavy atom. The molecule has 1 unspecified atom stereocenters. The number of nitro benzene ring substituents is 1. The minimum atomic E-state index is -0.993. The van der Waals surface area contributed by atoms with Crippen LogP contribution in [0.2, 0.25) is 0 Å². The Kier molecular flexibility index (Phi) is 4.66.